The topological polar surface area (TPSA) is 83.2 Å². The minimum absolute atomic E-state index is 0.00839. The zero-order valence-corrected chi connectivity index (χ0v) is 21.3. The summed E-state index contributed by atoms with van der Waals surface area (Å²) in [7, 11) is 1.53. The summed E-state index contributed by atoms with van der Waals surface area (Å²) in [5.41, 5.74) is 3.78. The first-order valence-electron chi connectivity index (χ1n) is 12.8. The molecule has 6 rings (SSSR count). The lowest BCUT2D eigenvalue weighted by Gasteiger charge is -2.28. The van der Waals surface area contributed by atoms with Crippen molar-refractivity contribution in [3.63, 3.8) is 0 Å². The van der Waals surface area contributed by atoms with Crippen LogP contribution < -0.4 is 14.5 Å². The number of rotatable bonds is 6. The molecule has 0 spiro atoms. The van der Waals surface area contributed by atoms with E-state index in [9.17, 15) is 14.7 Å². The summed E-state index contributed by atoms with van der Waals surface area (Å²) in [6.07, 6.45) is 2.33. The van der Waals surface area contributed by atoms with E-state index in [1.165, 1.54) is 24.9 Å². The highest BCUT2D eigenvalue weighted by atomic mass is 16.5. The Hall–Kier alpha value is -4.52. The van der Waals surface area contributed by atoms with E-state index in [-0.39, 0.29) is 11.3 Å². The standard InChI is InChI=1S/C31H28N2O5/c1-19-8-3-4-10-23(19)27-26(28(34)25-18-20-9-7-11-24(37-2)30(20)38-25)29(35)31(36)33(27)22-14-12-21(13-15-22)32-16-5-6-17-32/h3-4,7-15,18,27,35H,5-6,16-17H2,1-2H3. The Morgan fingerprint density at radius 2 is 1.68 bits per heavy atom. The number of anilines is 2. The number of para-hydroxylation sites is 1. The highest BCUT2D eigenvalue weighted by Crippen LogP contribution is 2.44. The largest absolute Gasteiger partial charge is 0.503 e. The zero-order valence-electron chi connectivity index (χ0n) is 21.3. The van der Waals surface area contributed by atoms with E-state index in [1.807, 2.05) is 67.6 Å². The number of amides is 1. The molecule has 0 radical (unpaired) electrons. The van der Waals surface area contributed by atoms with Crippen LogP contribution in [0, 0.1) is 6.92 Å². The molecule has 7 nitrogen and oxygen atoms in total. The SMILES string of the molecule is COc1cccc2cc(C(=O)C3=C(O)C(=O)N(c4ccc(N5CCCC5)cc4)C3c3ccccc3C)oc12. The smallest absolute Gasteiger partial charge is 0.294 e. The van der Waals surface area contributed by atoms with Crippen LogP contribution in [-0.2, 0) is 4.79 Å². The number of carbonyl (C=O) groups is 2. The quantitative estimate of drug-likeness (QED) is 0.315. The van der Waals surface area contributed by atoms with Gasteiger partial charge in [-0.25, -0.2) is 0 Å². The lowest BCUT2D eigenvalue weighted by molar-refractivity contribution is -0.117. The second kappa shape index (κ2) is 9.41. The van der Waals surface area contributed by atoms with Crippen molar-refractivity contribution in [2.45, 2.75) is 25.8 Å². The van der Waals surface area contributed by atoms with Gasteiger partial charge in [0.05, 0.1) is 18.7 Å². The van der Waals surface area contributed by atoms with Gasteiger partial charge in [-0.1, -0.05) is 36.4 Å². The van der Waals surface area contributed by atoms with Crippen LogP contribution in [0.3, 0.4) is 0 Å². The number of fused-ring (bicyclic) bond motifs is 1. The fourth-order valence-corrected chi connectivity index (χ4v) is 5.53. The van der Waals surface area contributed by atoms with Crippen molar-refractivity contribution in [3.05, 3.63) is 101 Å². The van der Waals surface area contributed by atoms with Crippen LogP contribution in [0.25, 0.3) is 11.0 Å². The second-order valence-corrected chi connectivity index (χ2v) is 9.73. The summed E-state index contributed by atoms with van der Waals surface area (Å²) >= 11 is 0. The van der Waals surface area contributed by atoms with Gasteiger partial charge in [0.15, 0.2) is 22.9 Å². The Balaban J connectivity index is 1.45. The summed E-state index contributed by atoms with van der Waals surface area (Å²) in [5.74, 6) is -1.21. The Morgan fingerprint density at radius 1 is 0.974 bits per heavy atom. The number of methoxy groups -OCH3 is 1. The fraction of sp³-hybridized carbons (Fsp3) is 0.226. The summed E-state index contributed by atoms with van der Waals surface area (Å²) < 4.78 is 11.3. The van der Waals surface area contributed by atoms with Crippen LogP contribution in [0.2, 0.25) is 0 Å². The van der Waals surface area contributed by atoms with Gasteiger partial charge in [-0.2, -0.15) is 0 Å². The number of furan rings is 1. The van der Waals surface area contributed by atoms with Crippen molar-refractivity contribution in [1.82, 2.24) is 0 Å². The molecule has 3 aromatic carbocycles. The average Bonchev–Trinajstić information content (AvgIpc) is 3.68. The van der Waals surface area contributed by atoms with E-state index in [0.29, 0.717) is 22.4 Å². The maximum atomic E-state index is 13.9. The van der Waals surface area contributed by atoms with Gasteiger partial charge in [-0.3, -0.25) is 14.5 Å². The number of carbonyl (C=O) groups excluding carboxylic acids is 2. The maximum absolute atomic E-state index is 13.9. The monoisotopic (exact) mass is 508 g/mol. The van der Waals surface area contributed by atoms with E-state index >= 15 is 0 Å². The van der Waals surface area contributed by atoms with Crippen molar-refractivity contribution in [1.29, 1.82) is 0 Å². The number of hydrogen-bond acceptors (Lipinski definition) is 6. The summed E-state index contributed by atoms with van der Waals surface area (Å²) in [6.45, 7) is 3.95. The Labute approximate surface area is 220 Å². The van der Waals surface area contributed by atoms with Crippen molar-refractivity contribution in [2.75, 3.05) is 30.0 Å². The van der Waals surface area contributed by atoms with Crippen molar-refractivity contribution >= 4 is 34.0 Å². The molecule has 0 bridgehead atoms. The normalized spacial score (nSPS) is 17.6. The Morgan fingerprint density at radius 3 is 2.39 bits per heavy atom. The number of hydrogen-bond donors (Lipinski definition) is 1. The lowest BCUT2D eigenvalue weighted by atomic mass is 9.92. The predicted octanol–water partition coefficient (Wildman–Crippen LogP) is 6.13. The third kappa shape index (κ3) is 3.82. The molecule has 1 fully saturated rings. The summed E-state index contributed by atoms with van der Waals surface area (Å²) in [6, 6.07) is 21.5. The van der Waals surface area contributed by atoms with Gasteiger partial charge >= 0.3 is 0 Å². The Kier molecular flexibility index (Phi) is 5.91. The summed E-state index contributed by atoms with van der Waals surface area (Å²) in [5, 5.41) is 11.8. The molecule has 0 saturated carbocycles. The first kappa shape index (κ1) is 23.9. The third-order valence-corrected chi connectivity index (χ3v) is 7.49. The number of Topliss-reactive ketones (excluding diaryl/α,β-unsaturated/α-hetero) is 1. The van der Waals surface area contributed by atoms with Crippen LogP contribution in [-0.4, -0.2) is 37.0 Å². The van der Waals surface area contributed by atoms with E-state index in [1.54, 1.807) is 12.1 Å². The molecule has 192 valence electrons. The van der Waals surface area contributed by atoms with Gasteiger partial charge in [-0.15, -0.1) is 0 Å². The molecular formula is C31H28N2O5. The van der Waals surface area contributed by atoms with Crippen molar-refractivity contribution < 1.29 is 23.8 Å². The van der Waals surface area contributed by atoms with Crippen LogP contribution in [0.15, 0.2) is 88.5 Å². The van der Waals surface area contributed by atoms with Gasteiger partial charge in [-0.05, 0) is 67.3 Å². The molecule has 1 saturated heterocycles. The number of aryl methyl sites for hydroxylation is 1. The van der Waals surface area contributed by atoms with E-state index in [0.717, 1.165) is 29.9 Å². The molecular weight excluding hydrogens is 480 g/mol. The minimum atomic E-state index is -0.816. The zero-order chi connectivity index (χ0) is 26.4. The third-order valence-electron chi connectivity index (χ3n) is 7.49. The molecule has 4 aromatic rings. The molecule has 1 aromatic heterocycles. The number of benzene rings is 3. The summed E-state index contributed by atoms with van der Waals surface area (Å²) in [4.78, 5) is 31.3. The predicted molar refractivity (Wildman–Crippen MR) is 146 cm³/mol. The molecule has 2 aliphatic heterocycles. The van der Waals surface area contributed by atoms with Crippen molar-refractivity contribution in [3.8, 4) is 5.75 Å². The number of aliphatic hydroxyl groups is 1. The second-order valence-electron chi connectivity index (χ2n) is 9.73. The molecule has 2 aliphatic rings. The average molecular weight is 509 g/mol. The Bertz CT molecular complexity index is 1580. The highest BCUT2D eigenvalue weighted by molar-refractivity contribution is 6.20. The molecule has 0 aliphatic carbocycles. The molecule has 1 atom stereocenters. The van der Waals surface area contributed by atoms with E-state index in [4.69, 9.17) is 9.15 Å². The molecule has 1 amide bonds. The number of ether oxygens (including phenoxy) is 1. The van der Waals surface area contributed by atoms with Crippen LogP contribution in [0.5, 0.6) is 5.75 Å². The highest BCUT2D eigenvalue weighted by Gasteiger charge is 2.46. The molecule has 3 heterocycles. The van der Waals surface area contributed by atoms with Crippen LogP contribution in [0.1, 0.15) is 40.6 Å². The molecule has 1 unspecified atom stereocenters. The van der Waals surface area contributed by atoms with Crippen LogP contribution >= 0.6 is 0 Å². The van der Waals surface area contributed by atoms with Gasteiger partial charge in [0.1, 0.15) is 0 Å². The number of aliphatic hydroxyl groups excluding tert-OH is 1. The minimum Gasteiger partial charge on any atom is -0.503 e. The molecule has 1 N–H and O–H groups in total. The van der Waals surface area contributed by atoms with Crippen molar-refractivity contribution in [2.24, 2.45) is 0 Å². The number of ketones is 1. The fourth-order valence-electron chi connectivity index (χ4n) is 5.53. The lowest BCUT2D eigenvalue weighted by Crippen LogP contribution is -2.31. The van der Waals surface area contributed by atoms with E-state index < -0.39 is 23.5 Å². The molecule has 7 heteroatoms. The van der Waals surface area contributed by atoms with Gasteiger partial charge in [0, 0.05) is 29.9 Å². The van der Waals surface area contributed by atoms with E-state index in [2.05, 4.69) is 4.90 Å². The van der Waals surface area contributed by atoms with Crippen LogP contribution in [0.4, 0.5) is 11.4 Å². The first-order valence-corrected chi connectivity index (χ1v) is 12.8. The maximum Gasteiger partial charge on any atom is 0.294 e. The first-order chi connectivity index (χ1) is 18.5. The van der Waals surface area contributed by atoms with Gasteiger partial charge in [0.25, 0.3) is 5.91 Å². The van der Waals surface area contributed by atoms with Gasteiger partial charge < -0.3 is 19.2 Å². The number of nitrogens with zero attached hydrogens (tertiary/aromatic N) is 2. The van der Waals surface area contributed by atoms with Gasteiger partial charge in [0.2, 0.25) is 5.78 Å². The molecule has 38 heavy (non-hydrogen) atoms.